The highest BCUT2D eigenvalue weighted by Crippen LogP contribution is 2.34. The second kappa shape index (κ2) is 4.92. The lowest BCUT2D eigenvalue weighted by molar-refractivity contribution is -0.149. The van der Waals surface area contributed by atoms with Crippen molar-refractivity contribution in [2.24, 2.45) is 0 Å². The van der Waals surface area contributed by atoms with Crippen molar-refractivity contribution >= 4 is 5.69 Å². The summed E-state index contributed by atoms with van der Waals surface area (Å²) in [6.07, 6.45) is -0.413. The fourth-order valence-corrected chi connectivity index (χ4v) is 2.03. The summed E-state index contributed by atoms with van der Waals surface area (Å²) < 4.78 is 43.8. The first-order valence-corrected chi connectivity index (χ1v) is 5.68. The molecule has 1 aromatic rings. The Morgan fingerprint density at radius 3 is 2.44 bits per heavy atom. The molecule has 1 aliphatic heterocycles. The van der Waals surface area contributed by atoms with Gasteiger partial charge in [-0.05, 0) is 37.1 Å². The second-order valence-corrected chi connectivity index (χ2v) is 4.12. The SMILES string of the molecule is COc1ccc(N2C=CCCC2C(F)(F)F)cc1. The number of hydrogen-bond acceptors (Lipinski definition) is 2. The largest absolute Gasteiger partial charge is 0.497 e. The van der Waals surface area contributed by atoms with Crippen molar-refractivity contribution in [1.29, 1.82) is 0 Å². The quantitative estimate of drug-likeness (QED) is 0.800. The minimum absolute atomic E-state index is 0.0893. The number of anilines is 1. The molecule has 0 saturated heterocycles. The molecule has 0 spiro atoms. The van der Waals surface area contributed by atoms with E-state index in [1.165, 1.54) is 18.2 Å². The van der Waals surface area contributed by atoms with Gasteiger partial charge < -0.3 is 9.64 Å². The number of ether oxygens (including phenoxy) is 1. The Balaban J connectivity index is 2.28. The van der Waals surface area contributed by atoms with Crippen LogP contribution in [0.5, 0.6) is 5.75 Å². The van der Waals surface area contributed by atoms with Crippen LogP contribution in [0.25, 0.3) is 0 Å². The van der Waals surface area contributed by atoms with Gasteiger partial charge in [0.2, 0.25) is 0 Å². The van der Waals surface area contributed by atoms with Crippen molar-refractivity contribution in [3.8, 4) is 5.75 Å². The maximum atomic E-state index is 12.9. The average Bonchev–Trinajstić information content (AvgIpc) is 2.38. The highest BCUT2D eigenvalue weighted by atomic mass is 19.4. The predicted molar refractivity (Wildman–Crippen MR) is 63.7 cm³/mol. The third kappa shape index (κ3) is 2.60. The number of allylic oxidation sites excluding steroid dienone is 1. The lowest BCUT2D eigenvalue weighted by Crippen LogP contribution is -2.44. The number of alkyl halides is 3. The standard InChI is InChI=1S/C13H14F3NO/c1-18-11-7-5-10(6-8-11)17-9-3-2-4-12(17)13(14,15)16/h3,5-9,12H,2,4H2,1H3. The zero-order valence-corrected chi connectivity index (χ0v) is 9.95. The first kappa shape index (κ1) is 12.8. The molecule has 0 bridgehead atoms. The van der Waals surface area contributed by atoms with E-state index in [1.54, 1.807) is 30.3 Å². The van der Waals surface area contributed by atoms with E-state index in [1.807, 2.05) is 0 Å². The molecule has 5 heteroatoms. The van der Waals surface area contributed by atoms with Crippen LogP contribution in [0.1, 0.15) is 12.8 Å². The molecule has 1 heterocycles. The van der Waals surface area contributed by atoms with Gasteiger partial charge in [-0.2, -0.15) is 13.2 Å². The lowest BCUT2D eigenvalue weighted by atomic mass is 10.0. The Labute approximate surface area is 104 Å². The number of nitrogens with zero attached hydrogens (tertiary/aromatic N) is 1. The maximum Gasteiger partial charge on any atom is 0.409 e. The van der Waals surface area contributed by atoms with Crippen LogP contribution >= 0.6 is 0 Å². The Morgan fingerprint density at radius 1 is 1.22 bits per heavy atom. The van der Waals surface area contributed by atoms with Crippen LogP contribution in [-0.4, -0.2) is 19.3 Å². The van der Waals surface area contributed by atoms with Crippen LogP contribution in [0, 0.1) is 0 Å². The van der Waals surface area contributed by atoms with Crippen molar-refractivity contribution in [1.82, 2.24) is 0 Å². The normalized spacial score (nSPS) is 20.0. The number of rotatable bonds is 2. The summed E-state index contributed by atoms with van der Waals surface area (Å²) in [5.41, 5.74) is 0.522. The molecule has 18 heavy (non-hydrogen) atoms. The van der Waals surface area contributed by atoms with Gasteiger partial charge >= 0.3 is 6.18 Å². The van der Waals surface area contributed by atoms with Gasteiger partial charge in [0.1, 0.15) is 11.8 Å². The number of halogens is 3. The van der Waals surface area contributed by atoms with Gasteiger partial charge in [0.25, 0.3) is 0 Å². The van der Waals surface area contributed by atoms with E-state index in [-0.39, 0.29) is 6.42 Å². The van der Waals surface area contributed by atoms with Gasteiger partial charge in [-0.3, -0.25) is 0 Å². The van der Waals surface area contributed by atoms with E-state index >= 15 is 0 Å². The highest BCUT2D eigenvalue weighted by molar-refractivity contribution is 5.53. The van der Waals surface area contributed by atoms with Crippen molar-refractivity contribution in [3.63, 3.8) is 0 Å². The molecule has 2 rings (SSSR count). The summed E-state index contributed by atoms with van der Waals surface area (Å²) in [4.78, 5) is 1.27. The van der Waals surface area contributed by atoms with E-state index < -0.39 is 12.2 Å². The maximum absolute atomic E-state index is 12.9. The molecule has 98 valence electrons. The monoisotopic (exact) mass is 257 g/mol. The molecule has 0 aromatic heterocycles. The summed E-state index contributed by atoms with van der Waals surface area (Å²) in [5.74, 6) is 0.628. The average molecular weight is 257 g/mol. The number of hydrogen-bond donors (Lipinski definition) is 0. The van der Waals surface area contributed by atoms with Gasteiger partial charge in [0, 0.05) is 11.9 Å². The van der Waals surface area contributed by atoms with E-state index in [0.29, 0.717) is 17.9 Å². The highest BCUT2D eigenvalue weighted by Gasteiger charge is 2.43. The molecule has 0 saturated carbocycles. The molecule has 0 fully saturated rings. The van der Waals surface area contributed by atoms with Crippen molar-refractivity contribution in [2.45, 2.75) is 25.1 Å². The van der Waals surface area contributed by atoms with Crippen molar-refractivity contribution in [3.05, 3.63) is 36.5 Å². The van der Waals surface area contributed by atoms with E-state index in [4.69, 9.17) is 4.74 Å². The van der Waals surface area contributed by atoms with Crippen LogP contribution < -0.4 is 9.64 Å². The topological polar surface area (TPSA) is 12.5 Å². The van der Waals surface area contributed by atoms with Gasteiger partial charge in [-0.15, -0.1) is 0 Å². The molecular weight excluding hydrogens is 243 g/mol. The van der Waals surface area contributed by atoms with Crippen LogP contribution in [0.4, 0.5) is 18.9 Å². The van der Waals surface area contributed by atoms with Gasteiger partial charge in [-0.1, -0.05) is 6.08 Å². The molecule has 0 radical (unpaired) electrons. The lowest BCUT2D eigenvalue weighted by Gasteiger charge is -2.34. The summed E-state index contributed by atoms with van der Waals surface area (Å²) in [7, 11) is 1.52. The van der Waals surface area contributed by atoms with Gasteiger partial charge in [0.05, 0.1) is 7.11 Å². The van der Waals surface area contributed by atoms with Crippen molar-refractivity contribution < 1.29 is 17.9 Å². The zero-order chi connectivity index (χ0) is 13.2. The predicted octanol–water partition coefficient (Wildman–Crippen LogP) is 3.74. The minimum atomic E-state index is -4.22. The smallest absolute Gasteiger partial charge is 0.409 e. The first-order valence-electron chi connectivity index (χ1n) is 5.68. The third-order valence-corrected chi connectivity index (χ3v) is 2.96. The minimum Gasteiger partial charge on any atom is -0.497 e. The van der Waals surface area contributed by atoms with E-state index in [2.05, 4.69) is 0 Å². The molecule has 0 aliphatic carbocycles. The van der Waals surface area contributed by atoms with Crippen LogP contribution in [0.15, 0.2) is 36.5 Å². The van der Waals surface area contributed by atoms with Crippen molar-refractivity contribution in [2.75, 3.05) is 12.0 Å². The van der Waals surface area contributed by atoms with E-state index in [0.717, 1.165) is 0 Å². The van der Waals surface area contributed by atoms with Crippen LogP contribution in [0.2, 0.25) is 0 Å². The summed E-state index contributed by atoms with van der Waals surface area (Å²) in [6, 6.07) is 5.13. The molecule has 0 amide bonds. The first-order chi connectivity index (χ1) is 8.52. The molecule has 2 nitrogen and oxygen atoms in total. The zero-order valence-electron chi connectivity index (χ0n) is 9.95. The molecule has 0 N–H and O–H groups in total. The third-order valence-electron chi connectivity index (χ3n) is 2.96. The Morgan fingerprint density at radius 2 is 1.89 bits per heavy atom. The molecule has 1 aliphatic rings. The molecular formula is C13H14F3NO. The molecule has 1 aromatic carbocycles. The summed E-state index contributed by atoms with van der Waals surface area (Å²) >= 11 is 0. The molecule has 1 atom stereocenters. The Bertz CT molecular complexity index is 425. The van der Waals surface area contributed by atoms with Crippen LogP contribution in [-0.2, 0) is 0 Å². The molecule has 1 unspecified atom stereocenters. The number of methoxy groups -OCH3 is 1. The second-order valence-electron chi connectivity index (χ2n) is 4.12. The summed E-state index contributed by atoms with van der Waals surface area (Å²) in [6.45, 7) is 0. The Kier molecular flexibility index (Phi) is 3.50. The fourth-order valence-electron chi connectivity index (χ4n) is 2.03. The van der Waals surface area contributed by atoms with Crippen LogP contribution in [0.3, 0.4) is 0 Å². The van der Waals surface area contributed by atoms with Gasteiger partial charge in [0.15, 0.2) is 0 Å². The Hall–Kier alpha value is -1.65. The number of benzene rings is 1. The summed E-state index contributed by atoms with van der Waals surface area (Å²) in [5, 5.41) is 0. The van der Waals surface area contributed by atoms with E-state index in [9.17, 15) is 13.2 Å². The fraction of sp³-hybridized carbons (Fsp3) is 0.385. The van der Waals surface area contributed by atoms with Gasteiger partial charge in [-0.25, -0.2) is 0 Å².